The Morgan fingerprint density at radius 3 is 1.68 bits per heavy atom. The fourth-order valence-corrected chi connectivity index (χ4v) is 4.52. The van der Waals surface area contributed by atoms with E-state index in [1.165, 1.54) is 0 Å². The molecule has 6 heteroatoms. The number of rotatable bonds is 6. The van der Waals surface area contributed by atoms with Crippen LogP contribution in [0.25, 0.3) is 0 Å². The molecule has 2 heterocycles. The second-order valence-corrected chi connectivity index (χ2v) is 8.48. The Morgan fingerprint density at radius 1 is 0.840 bits per heavy atom. The molecule has 0 bridgehead atoms. The van der Waals surface area contributed by atoms with Crippen molar-refractivity contribution in [2.24, 2.45) is 0 Å². The number of hydrogen-bond acceptors (Lipinski definition) is 6. The van der Waals surface area contributed by atoms with Gasteiger partial charge in [0.25, 0.3) is 0 Å². The van der Waals surface area contributed by atoms with Gasteiger partial charge in [-0.25, -0.2) is 0 Å². The van der Waals surface area contributed by atoms with Crippen molar-refractivity contribution < 1.29 is 28.5 Å². The monoisotopic (exact) mass is 352 g/mol. The Morgan fingerprint density at radius 2 is 1.28 bits per heavy atom. The maximum absolute atomic E-state index is 12.0. The van der Waals surface area contributed by atoms with Crippen LogP contribution >= 0.6 is 0 Å². The average Bonchev–Trinajstić information content (AvgIpc) is 3.39. The van der Waals surface area contributed by atoms with Gasteiger partial charge in [0.05, 0.1) is 23.4 Å². The second kappa shape index (κ2) is 6.23. The van der Waals surface area contributed by atoms with Crippen molar-refractivity contribution in [2.45, 2.75) is 107 Å². The van der Waals surface area contributed by atoms with Crippen LogP contribution in [0.3, 0.4) is 0 Å². The van der Waals surface area contributed by atoms with Crippen LogP contribution in [0.4, 0.5) is 0 Å². The molecule has 0 N–H and O–H groups in total. The number of carbonyl (C=O) groups is 2. The molecule has 6 unspecified atom stereocenters. The molecule has 2 aliphatic heterocycles. The summed E-state index contributed by atoms with van der Waals surface area (Å²) < 4.78 is 22.3. The third-order valence-corrected chi connectivity index (χ3v) is 6.20. The number of esters is 2. The largest absolute Gasteiger partial charge is 0.462 e. The maximum atomic E-state index is 12.0. The summed E-state index contributed by atoms with van der Waals surface area (Å²) in [4.78, 5) is 23.9. The molecule has 4 fully saturated rings. The van der Waals surface area contributed by atoms with Crippen molar-refractivity contribution in [1.29, 1.82) is 0 Å². The molecule has 6 nitrogen and oxygen atoms in total. The summed E-state index contributed by atoms with van der Waals surface area (Å²) in [5.41, 5.74) is -0.151. The molecule has 140 valence electrons. The van der Waals surface area contributed by atoms with Crippen molar-refractivity contribution in [1.82, 2.24) is 0 Å². The lowest BCUT2D eigenvalue weighted by atomic mass is 9.88. The van der Waals surface area contributed by atoms with E-state index in [2.05, 4.69) is 13.8 Å². The Balaban J connectivity index is 1.11. The first kappa shape index (κ1) is 17.3. The molecule has 4 rings (SSSR count). The topological polar surface area (TPSA) is 77.7 Å². The number of fused-ring (bicyclic) bond motifs is 2. The van der Waals surface area contributed by atoms with Gasteiger partial charge in [-0.05, 0) is 46.0 Å². The third-order valence-electron chi connectivity index (χ3n) is 6.20. The van der Waals surface area contributed by atoms with Gasteiger partial charge in [-0.3, -0.25) is 9.59 Å². The van der Waals surface area contributed by atoms with Crippen molar-refractivity contribution in [3.05, 3.63) is 0 Å². The predicted molar refractivity (Wildman–Crippen MR) is 87.9 cm³/mol. The van der Waals surface area contributed by atoms with Crippen LogP contribution in [0, 0.1) is 0 Å². The highest BCUT2D eigenvalue weighted by molar-refractivity contribution is 5.72. The van der Waals surface area contributed by atoms with Gasteiger partial charge in [0.2, 0.25) is 0 Å². The summed E-state index contributed by atoms with van der Waals surface area (Å²) in [6, 6.07) is 0. The number of ether oxygens (including phenoxy) is 4. The van der Waals surface area contributed by atoms with E-state index in [9.17, 15) is 9.59 Å². The van der Waals surface area contributed by atoms with Gasteiger partial charge in [0, 0.05) is 25.7 Å². The molecular weight excluding hydrogens is 324 g/mol. The average molecular weight is 352 g/mol. The molecule has 0 spiro atoms. The molecule has 0 aromatic heterocycles. The van der Waals surface area contributed by atoms with Crippen molar-refractivity contribution in [3.8, 4) is 0 Å². The molecule has 0 radical (unpaired) electrons. The summed E-state index contributed by atoms with van der Waals surface area (Å²) in [7, 11) is 0. The Kier molecular flexibility index (Phi) is 4.31. The summed E-state index contributed by atoms with van der Waals surface area (Å²) in [5, 5.41) is 0. The lowest BCUT2D eigenvalue weighted by Gasteiger charge is -2.24. The molecule has 2 aliphatic carbocycles. The van der Waals surface area contributed by atoms with Crippen molar-refractivity contribution in [3.63, 3.8) is 0 Å². The highest BCUT2D eigenvalue weighted by Crippen LogP contribution is 2.48. The van der Waals surface area contributed by atoms with Gasteiger partial charge in [-0.2, -0.15) is 0 Å². The van der Waals surface area contributed by atoms with E-state index in [-0.39, 0.29) is 48.2 Å². The Bertz CT molecular complexity index is 514. The fourth-order valence-electron chi connectivity index (χ4n) is 4.52. The highest BCUT2D eigenvalue weighted by Gasteiger charge is 2.57. The number of epoxide rings is 2. The minimum Gasteiger partial charge on any atom is -0.462 e. The zero-order valence-electron chi connectivity index (χ0n) is 15.1. The normalized spacial score (nSPS) is 44.2. The van der Waals surface area contributed by atoms with Crippen LogP contribution in [0.15, 0.2) is 0 Å². The molecule has 2 saturated carbocycles. The smallest absolute Gasteiger partial charge is 0.306 e. The SMILES string of the molecule is CC12CC(OC(=O)CCCC(=O)OC3CCC4OC4(C)C3)CCC1O2. The standard InChI is InChI=1S/C19H28O6/c1-18-10-12(6-8-14(18)24-18)22-16(20)4-3-5-17(21)23-13-7-9-15-19(2,11-13)25-15/h12-15H,3-11H2,1-2H3. The quantitative estimate of drug-likeness (QED) is 0.540. The van der Waals surface area contributed by atoms with Crippen LogP contribution in [0.2, 0.25) is 0 Å². The minimum absolute atomic E-state index is 0.0438. The van der Waals surface area contributed by atoms with Gasteiger partial charge >= 0.3 is 11.9 Å². The third kappa shape index (κ3) is 3.85. The Labute approximate surface area is 148 Å². The van der Waals surface area contributed by atoms with Crippen LogP contribution < -0.4 is 0 Å². The summed E-state index contributed by atoms with van der Waals surface area (Å²) >= 11 is 0. The first-order valence-electron chi connectivity index (χ1n) is 9.61. The van der Waals surface area contributed by atoms with Gasteiger partial charge in [-0.1, -0.05) is 0 Å². The van der Waals surface area contributed by atoms with Gasteiger partial charge in [0.15, 0.2) is 0 Å². The lowest BCUT2D eigenvalue weighted by molar-refractivity contribution is -0.152. The van der Waals surface area contributed by atoms with E-state index >= 15 is 0 Å². The zero-order valence-corrected chi connectivity index (χ0v) is 15.1. The number of hydrogen-bond donors (Lipinski definition) is 0. The van der Waals surface area contributed by atoms with Crippen LogP contribution in [-0.2, 0) is 28.5 Å². The van der Waals surface area contributed by atoms with Gasteiger partial charge in [0.1, 0.15) is 12.2 Å². The number of carbonyl (C=O) groups excluding carboxylic acids is 2. The van der Waals surface area contributed by atoms with Gasteiger partial charge in [-0.15, -0.1) is 0 Å². The van der Waals surface area contributed by atoms with Crippen LogP contribution in [0.5, 0.6) is 0 Å². The van der Waals surface area contributed by atoms with E-state index in [4.69, 9.17) is 18.9 Å². The van der Waals surface area contributed by atoms with Crippen LogP contribution in [0.1, 0.15) is 71.6 Å². The summed E-state index contributed by atoms with van der Waals surface area (Å²) in [5.74, 6) is -0.445. The first-order chi connectivity index (χ1) is 11.9. The molecule has 4 aliphatic rings. The zero-order chi connectivity index (χ0) is 17.7. The maximum Gasteiger partial charge on any atom is 0.306 e. The molecule has 25 heavy (non-hydrogen) atoms. The molecule has 0 amide bonds. The molecule has 0 aromatic carbocycles. The van der Waals surface area contributed by atoms with Crippen LogP contribution in [-0.4, -0.2) is 47.6 Å². The van der Waals surface area contributed by atoms with E-state index in [1.54, 1.807) is 0 Å². The highest BCUT2D eigenvalue weighted by atomic mass is 16.6. The van der Waals surface area contributed by atoms with Gasteiger partial charge < -0.3 is 18.9 Å². The molecule has 2 saturated heterocycles. The van der Waals surface area contributed by atoms with E-state index < -0.39 is 0 Å². The fraction of sp³-hybridized carbons (Fsp3) is 0.895. The molecule has 6 atom stereocenters. The summed E-state index contributed by atoms with van der Waals surface area (Å²) in [6.45, 7) is 4.16. The molecular formula is C19H28O6. The predicted octanol–water partition coefficient (Wildman–Crippen LogP) is 2.66. The Hall–Kier alpha value is -1.14. The summed E-state index contributed by atoms with van der Waals surface area (Å²) in [6.07, 6.45) is 6.88. The van der Waals surface area contributed by atoms with E-state index in [0.717, 1.165) is 38.5 Å². The van der Waals surface area contributed by atoms with E-state index in [0.29, 0.717) is 18.6 Å². The lowest BCUT2D eigenvalue weighted by Crippen LogP contribution is -2.30. The molecule has 0 aromatic rings. The minimum atomic E-state index is -0.222. The first-order valence-corrected chi connectivity index (χ1v) is 9.61. The van der Waals surface area contributed by atoms with Crippen molar-refractivity contribution >= 4 is 11.9 Å². The second-order valence-electron chi connectivity index (χ2n) is 8.48. The van der Waals surface area contributed by atoms with Crippen molar-refractivity contribution in [2.75, 3.05) is 0 Å². The van der Waals surface area contributed by atoms with E-state index in [1.807, 2.05) is 0 Å².